The number of nitrogens with zero attached hydrogens (tertiary/aromatic N) is 6. The molecular formula is C28H30ClFN8O2S. The summed E-state index contributed by atoms with van der Waals surface area (Å²) in [4.78, 5) is 25.4. The second-order valence-electron chi connectivity index (χ2n) is 11.5. The fourth-order valence-corrected chi connectivity index (χ4v) is 6.93. The molecule has 214 valence electrons. The van der Waals surface area contributed by atoms with Crippen LogP contribution in [0.1, 0.15) is 50.8 Å². The van der Waals surface area contributed by atoms with Crippen molar-refractivity contribution < 1.29 is 13.9 Å². The second kappa shape index (κ2) is 10.3. The molecule has 10 nitrogen and oxygen atoms in total. The number of amides is 1. The first kappa shape index (κ1) is 27.5. The van der Waals surface area contributed by atoms with E-state index in [0.717, 1.165) is 46.1 Å². The Bertz CT molecular complexity index is 1630. The number of carbonyl (C=O) groups is 1. The minimum Gasteiger partial charge on any atom is -0.444 e. The Labute approximate surface area is 245 Å². The lowest BCUT2D eigenvalue weighted by molar-refractivity contribution is 0.0427. The third-order valence-corrected chi connectivity index (χ3v) is 9.24. The number of pyridine rings is 1. The van der Waals surface area contributed by atoms with Crippen LogP contribution in [0.2, 0.25) is 5.02 Å². The second-order valence-corrected chi connectivity index (χ2v) is 13.0. The van der Waals surface area contributed by atoms with Gasteiger partial charge in [-0.05, 0) is 69.4 Å². The van der Waals surface area contributed by atoms with Gasteiger partial charge in [0.25, 0.3) is 0 Å². The molecule has 1 aliphatic carbocycles. The monoisotopic (exact) mass is 596 g/mol. The fourth-order valence-electron chi connectivity index (χ4n) is 5.81. The largest absolute Gasteiger partial charge is 0.444 e. The fraction of sp³-hybridized carbons (Fsp3) is 0.393. The average Bonchev–Trinajstić information content (AvgIpc) is 3.51. The number of aromatic nitrogens is 5. The third kappa shape index (κ3) is 5.26. The third-order valence-electron chi connectivity index (χ3n) is 7.66. The predicted octanol–water partition coefficient (Wildman–Crippen LogP) is 5.45. The number of nitrogens with one attached hydrogen (secondary N) is 1. The Morgan fingerprint density at radius 2 is 2.00 bits per heavy atom. The molecule has 2 aliphatic rings. The van der Waals surface area contributed by atoms with Crippen LogP contribution in [0.5, 0.6) is 0 Å². The zero-order valence-corrected chi connectivity index (χ0v) is 24.5. The number of alkyl carbamates (subject to hydrolysis) is 1. The van der Waals surface area contributed by atoms with Crippen molar-refractivity contribution in [3.05, 3.63) is 65.0 Å². The Kier molecular flexibility index (Phi) is 6.93. The van der Waals surface area contributed by atoms with Crippen LogP contribution < -0.4 is 16.0 Å². The molecule has 1 amide bonds. The molecule has 1 spiro atoms. The van der Waals surface area contributed by atoms with Gasteiger partial charge in [-0.25, -0.2) is 23.6 Å². The molecule has 0 saturated carbocycles. The van der Waals surface area contributed by atoms with Crippen molar-refractivity contribution in [3.8, 4) is 0 Å². The SMILES string of the molecule is CC(C)(C)OC(=O)N[C@@H]1c2cc(F)ccc2CC12CCN(c1ncc(Sc3ccnc(N)c3Cl)c3nncn13)CC2. The van der Waals surface area contributed by atoms with Gasteiger partial charge in [0.15, 0.2) is 5.65 Å². The number of hydrogen-bond donors (Lipinski definition) is 2. The van der Waals surface area contributed by atoms with E-state index in [1.165, 1.54) is 17.8 Å². The summed E-state index contributed by atoms with van der Waals surface area (Å²) in [6.07, 6.45) is 6.79. The number of nitrogens with two attached hydrogens (primary N) is 1. The lowest BCUT2D eigenvalue weighted by Gasteiger charge is -2.43. The molecular weight excluding hydrogens is 567 g/mol. The molecule has 13 heteroatoms. The normalized spacial score (nSPS) is 18.1. The predicted molar refractivity (Wildman–Crippen MR) is 155 cm³/mol. The maximum atomic E-state index is 14.3. The first-order chi connectivity index (χ1) is 19.5. The van der Waals surface area contributed by atoms with E-state index >= 15 is 0 Å². The van der Waals surface area contributed by atoms with Crippen LogP contribution in [-0.2, 0) is 11.2 Å². The highest BCUT2D eigenvalue weighted by Crippen LogP contribution is 2.52. The molecule has 1 saturated heterocycles. The molecule has 1 aliphatic heterocycles. The number of ether oxygens (including phenoxy) is 1. The number of piperidine rings is 1. The quantitative estimate of drug-likeness (QED) is 0.316. The van der Waals surface area contributed by atoms with Gasteiger partial charge in [0.1, 0.15) is 23.6 Å². The number of anilines is 2. The van der Waals surface area contributed by atoms with E-state index < -0.39 is 11.7 Å². The molecule has 1 atom stereocenters. The van der Waals surface area contributed by atoms with Crippen molar-refractivity contribution in [1.29, 1.82) is 0 Å². The van der Waals surface area contributed by atoms with E-state index in [1.54, 1.807) is 30.9 Å². The van der Waals surface area contributed by atoms with Gasteiger partial charge in [0, 0.05) is 35.8 Å². The number of halogens is 2. The number of nitrogen functional groups attached to an aromatic ring is 1. The van der Waals surface area contributed by atoms with Gasteiger partial charge in [0.05, 0.1) is 16.0 Å². The Balaban J connectivity index is 1.25. The van der Waals surface area contributed by atoms with Crippen LogP contribution in [0.15, 0.2) is 52.8 Å². The Morgan fingerprint density at radius 1 is 1.22 bits per heavy atom. The Morgan fingerprint density at radius 3 is 2.76 bits per heavy atom. The number of fused-ring (bicyclic) bond motifs is 2. The summed E-state index contributed by atoms with van der Waals surface area (Å²) in [6.45, 7) is 6.84. The summed E-state index contributed by atoms with van der Waals surface area (Å²) < 4.78 is 21.8. The zero-order valence-electron chi connectivity index (χ0n) is 22.9. The van der Waals surface area contributed by atoms with Crippen LogP contribution in [-0.4, -0.2) is 49.3 Å². The van der Waals surface area contributed by atoms with Crippen LogP contribution in [0.4, 0.5) is 21.0 Å². The van der Waals surface area contributed by atoms with Crippen LogP contribution in [0, 0.1) is 11.2 Å². The number of rotatable bonds is 4. The van der Waals surface area contributed by atoms with E-state index in [1.807, 2.05) is 31.2 Å². The summed E-state index contributed by atoms with van der Waals surface area (Å²) >= 11 is 7.76. The van der Waals surface area contributed by atoms with E-state index in [9.17, 15) is 9.18 Å². The maximum absolute atomic E-state index is 14.3. The molecule has 4 aromatic rings. The minimum absolute atomic E-state index is 0.261. The first-order valence-electron chi connectivity index (χ1n) is 13.3. The van der Waals surface area contributed by atoms with Crippen LogP contribution in [0.3, 0.4) is 0 Å². The highest BCUT2D eigenvalue weighted by atomic mass is 35.5. The van der Waals surface area contributed by atoms with Gasteiger partial charge in [0.2, 0.25) is 5.95 Å². The average molecular weight is 597 g/mol. The smallest absolute Gasteiger partial charge is 0.408 e. The zero-order chi connectivity index (χ0) is 28.9. The van der Waals surface area contributed by atoms with Gasteiger partial charge in [-0.1, -0.05) is 29.4 Å². The highest BCUT2D eigenvalue weighted by Gasteiger charge is 2.49. The van der Waals surface area contributed by atoms with Crippen molar-refractivity contribution in [3.63, 3.8) is 0 Å². The van der Waals surface area contributed by atoms with Crippen LogP contribution in [0.25, 0.3) is 5.65 Å². The van der Waals surface area contributed by atoms with Gasteiger partial charge in [-0.15, -0.1) is 10.2 Å². The van der Waals surface area contributed by atoms with E-state index in [2.05, 4.69) is 25.4 Å². The van der Waals surface area contributed by atoms with E-state index in [0.29, 0.717) is 23.8 Å². The number of benzene rings is 1. The lowest BCUT2D eigenvalue weighted by Crippen LogP contribution is -2.48. The van der Waals surface area contributed by atoms with Gasteiger partial charge in [-0.3, -0.25) is 0 Å². The molecule has 1 fully saturated rings. The van der Waals surface area contributed by atoms with Crippen LogP contribution >= 0.6 is 23.4 Å². The Hall–Kier alpha value is -3.64. The standard InChI is InChI=1S/C28H30ClFN8O2S/c1-27(2,3)40-26(39)35-22-18-12-17(30)5-4-16(18)13-28(22)7-10-37(11-8-28)25-33-14-20(24-36-34-15-38(24)25)41-19-6-9-32-23(31)21(19)29/h4-6,9,12,14-15,22H,7-8,10-11,13H2,1-3H3,(H2,31,32)(H,35,39)/t22-/m1/s1. The van der Waals surface area contributed by atoms with Crippen molar-refractivity contribution in [2.45, 2.75) is 61.5 Å². The molecule has 3 aromatic heterocycles. The van der Waals surface area contributed by atoms with E-state index in [-0.39, 0.29) is 23.1 Å². The number of carbonyl (C=O) groups excluding carboxylic acids is 1. The van der Waals surface area contributed by atoms with Crippen molar-refractivity contribution in [2.24, 2.45) is 5.41 Å². The lowest BCUT2D eigenvalue weighted by atomic mass is 9.73. The molecule has 41 heavy (non-hydrogen) atoms. The van der Waals surface area contributed by atoms with Gasteiger partial charge < -0.3 is 20.7 Å². The summed E-state index contributed by atoms with van der Waals surface area (Å²) in [5.74, 6) is 0.669. The molecule has 0 bridgehead atoms. The molecule has 0 radical (unpaired) electrons. The molecule has 3 N–H and O–H groups in total. The molecule has 1 aromatic carbocycles. The maximum Gasteiger partial charge on any atom is 0.408 e. The molecule has 4 heterocycles. The highest BCUT2D eigenvalue weighted by molar-refractivity contribution is 7.99. The molecule has 0 unspecified atom stereocenters. The number of hydrogen-bond acceptors (Lipinski definition) is 9. The van der Waals surface area contributed by atoms with Crippen molar-refractivity contribution in [1.82, 2.24) is 29.9 Å². The first-order valence-corrected chi connectivity index (χ1v) is 14.5. The van der Waals surface area contributed by atoms with Gasteiger partial charge in [-0.2, -0.15) is 0 Å². The summed E-state index contributed by atoms with van der Waals surface area (Å²) in [5, 5.41) is 12.0. The van der Waals surface area contributed by atoms with Gasteiger partial charge >= 0.3 is 6.09 Å². The summed E-state index contributed by atoms with van der Waals surface area (Å²) in [7, 11) is 0. The molecule has 6 rings (SSSR count). The van der Waals surface area contributed by atoms with Crippen molar-refractivity contribution >= 4 is 46.9 Å². The van der Waals surface area contributed by atoms with Crippen molar-refractivity contribution in [2.75, 3.05) is 23.7 Å². The summed E-state index contributed by atoms with van der Waals surface area (Å²) in [6, 6.07) is 6.29. The minimum atomic E-state index is -0.639. The topological polar surface area (TPSA) is 124 Å². The van der Waals surface area contributed by atoms with E-state index in [4.69, 9.17) is 27.1 Å². The summed E-state index contributed by atoms with van der Waals surface area (Å²) in [5.41, 5.74) is 7.49.